The molecule has 2 saturated carbocycles. The highest BCUT2D eigenvalue weighted by Gasteiger charge is 2.34. The zero-order valence-electron chi connectivity index (χ0n) is 26.8. The Morgan fingerprint density at radius 2 is 1.75 bits per heavy atom. The number of methoxy groups -OCH3 is 1. The molecule has 0 spiro atoms. The molecule has 7 heteroatoms. The largest absolute Gasteiger partial charge is 0.493 e. The molecule has 1 amide bonds. The number of hydrogen-bond acceptors (Lipinski definition) is 6. The van der Waals surface area contributed by atoms with Gasteiger partial charge < -0.3 is 24.8 Å². The van der Waals surface area contributed by atoms with Crippen LogP contribution in [-0.4, -0.2) is 36.9 Å². The number of rotatable bonds is 12. The van der Waals surface area contributed by atoms with E-state index in [2.05, 4.69) is 66.7 Å². The Labute approximate surface area is 263 Å². The molecule has 0 radical (unpaired) electrons. The monoisotopic (exact) mass is 599 g/mol. The number of ether oxygens (including phenoxy) is 3. The van der Waals surface area contributed by atoms with Crippen LogP contribution < -0.4 is 20.1 Å². The maximum atomic E-state index is 13.5. The molecule has 5 rings (SSSR count). The van der Waals surface area contributed by atoms with E-state index in [4.69, 9.17) is 14.2 Å². The van der Waals surface area contributed by atoms with Gasteiger partial charge in [-0.2, -0.15) is 0 Å². The molecule has 0 aliphatic heterocycles. The minimum Gasteiger partial charge on any atom is -0.493 e. The number of aromatic nitrogens is 1. The Morgan fingerprint density at radius 1 is 0.955 bits per heavy atom. The van der Waals surface area contributed by atoms with Gasteiger partial charge in [0, 0.05) is 12.7 Å². The minimum absolute atomic E-state index is 0.0826. The van der Waals surface area contributed by atoms with Gasteiger partial charge >= 0.3 is 6.09 Å². The lowest BCUT2D eigenvalue weighted by Gasteiger charge is -2.37. The van der Waals surface area contributed by atoms with Crippen LogP contribution in [0.1, 0.15) is 88.4 Å². The van der Waals surface area contributed by atoms with Gasteiger partial charge in [0.15, 0.2) is 11.5 Å². The van der Waals surface area contributed by atoms with E-state index >= 15 is 0 Å². The van der Waals surface area contributed by atoms with Gasteiger partial charge in [0.1, 0.15) is 11.9 Å². The maximum Gasteiger partial charge on any atom is 0.407 e. The van der Waals surface area contributed by atoms with Crippen LogP contribution in [0, 0.1) is 17.8 Å². The normalized spacial score (nSPS) is 21.1. The highest BCUT2D eigenvalue weighted by Crippen LogP contribution is 2.36. The molecular formula is C37H49N3O4. The zero-order chi connectivity index (χ0) is 30.9. The third-order valence-corrected chi connectivity index (χ3v) is 9.26. The Bertz CT molecular complexity index is 1340. The molecule has 3 unspecified atom stereocenters. The van der Waals surface area contributed by atoms with Gasteiger partial charge in [-0.05, 0) is 104 Å². The fourth-order valence-electron chi connectivity index (χ4n) is 6.72. The summed E-state index contributed by atoms with van der Waals surface area (Å²) in [4.78, 5) is 18.1. The van der Waals surface area contributed by atoms with E-state index in [0.29, 0.717) is 35.8 Å². The molecule has 2 fully saturated rings. The molecule has 2 aromatic carbocycles. The molecule has 2 aliphatic carbocycles. The quantitative estimate of drug-likeness (QED) is 0.218. The van der Waals surface area contributed by atoms with Crippen LogP contribution in [0.15, 0.2) is 66.9 Å². The van der Waals surface area contributed by atoms with E-state index < -0.39 is 0 Å². The van der Waals surface area contributed by atoms with E-state index in [1.165, 1.54) is 30.4 Å². The summed E-state index contributed by atoms with van der Waals surface area (Å²) in [5.41, 5.74) is 3.33. The summed E-state index contributed by atoms with van der Waals surface area (Å²) in [7, 11) is 1.66. The Morgan fingerprint density at radius 3 is 2.50 bits per heavy atom. The van der Waals surface area contributed by atoms with Gasteiger partial charge in [-0.1, -0.05) is 63.6 Å². The van der Waals surface area contributed by atoms with Crippen LogP contribution in [0.25, 0.3) is 0 Å². The van der Waals surface area contributed by atoms with Crippen LogP contribution in [-0.2, 0) is 11.2 Å². The van der Waals surface area contributed by atoms with Crippen molar-refractivity contribution in [3.63, 3.8) is 0 Å². The lowest BCUT2D eigenvalue weighted by Crippen LogP contribution is -2.41. The number of alkyl carbamates (subject to hydrolysis) is 1. The molecule has 7 nitrogen and oxygen atoms in total. The molecule has 1 aromatic heterocycles. The summed E-state index contributed by atoms with van der Waals surface area (Å²) in [5.74, 6) is 3.55. The van der Waals surface area contributed by atoms with Crippen molar-refractivity contribution in [2.75, 3.05) is 19.0 Å². The van der Waals surface area contributed by atoms with Gasteiger partial charge in [-0.15, -0.1) is 0 Å². The van der Waals surface area contributed by atoms with Gasteiger partial charge in [0.05, 0.1) is 19.3 Å². The van der Waals surface area contributed by atoms with Crippen LogP contribution in [0.4, 0.5) is 10.6 Å². The fourth-order valence-corrected chi connectivity index (χ4v) is 6.72. The molecule has 2 N–H and O–H groups in total. The molecule has 1 heterocycles. The molecule has 236 valence electrons. The first-order valence-electron chi connectivity index (χ1n) is 16.4. The summed E-state index contributed by atoms with van der Waals surface area (Å²) in [6, 6.07) is 20.1. The first kappa shape index (κ1) is 31.7. The minimum atomic E-state index is -0.388. The predicted molar refractivity (Wildman–Crippen MR) is 175 cm³/mol. The molecule has 2 aliphatic rings. The maximum absolute atomic E-state index is 13.5. The van der Waals surface area contributed by atoms with E-state index in [1.54, 1.807) is 7.11 Å². The smallest absolute Gasteiger partial charge is 0.407 e. The van der Waals surface area contributed by atoms with Crippen molar-refractivity contribution in [2.24, 2.45) is 17.8 Å². The zero-order valence-corrected chi connectivity index (χ0v) is 26.8. The van der Waals surface area contributed by atoms with Gasteiger partial charge in [0.2, 0.25) is 0 Å². The highest BCUT2D eigenvalue weighted by atomic mass is 16.6. The van der Waals surface area contributed by atoms with Crippen molar-refractivity contribution in [3.05, 3.63) is 83.6 Å². The number of benzene rings is 2. The second kappa shape index (κ2) is 15.3. The summed E-state index contributed by atoms with van der Waals surface area (Å²) >= 11 is 0. The van der Waals surface area contributed by atoms with Crippen LogP contribution in [0.3, 0.4) is 0 Å². The van der Waals surface area contributed by atoms with E-state index in [1.807, 2.05) is 36.5 Å². The second-order valence-electron chi connectivity index (χ2n) is 13.0. The van der Waals surface area contributed by atoms with Crippen molar-refractivity contribution in [3.8, 4) is 11.5 Å². The highest BCUT2D eigenvalue weighted by molar-refractivity contribution is 5.68. The average Bonchev–Trinajstić information content (AvgIpc) is 3.53. The summed E-state index contributed by atoms with van der Waals surface area (Å²) < 4.78 is 18.2. The lowest BCUT2D eigenvalue weighted by molar-refractivity contribution is 0.00507. The van der Waals surface area contributed by atoms with Crippen molar-refractivity contribution >= 4 is 11.9 Å². The first-order valence-corrected chi connectivity index (χ1v) is 16.4. The number of pyridine rings is 1. The number of hydrogen-bond donors (Lipinski definition) is 2. The van der Waals surface area contributed by atoms with Crippen molar-refractivity contribution in [2.45, 2.75) is 90.4 Å². The number of carbonyl (C=O) groups is 1. The third-order valence-electron chi connectivity index (χ3n) is 9.26. The van der Waals surface area contributed by atoms with Gasteiger partial charge in [-0.25, -0.2) is 9.78 Å². The molecular weight excluding hydrogens is 550 g/mol. The van der Waals surface area contributed by atoms with Crippen molar-refractivity contribution < 1.29 is 19.0 Å². The molecule has 0 bridgehead atoms. The third kappa shape index (κ3) is 8.67. The van der Waals surface area contributed by atoms with E-state index in [0.717, 1.165) is 43.5 Å². The van der Waals surface area contributed by atoms with Crippen LogP contribution in [0.2, 0.25) is 0 Å². The summed E-state index contributed by atoms with van der Waals surface area (Å²) in [6.45, 7) is 7.13. The van der Waals surface area contributed by atoms with Crippen LogP contribution in [0.5, 0.6) is 11.5 Å². The summed E-state index contributed by atoms with van der Waals surface area (Å²) in [5, 5.41) is 6.67. The first-order chi connectivity index (χ1) is 21.4. The average molecular weight is 600 g/mol. The van der Waals surface area contributed by atoms with E-state index in [9.17, 15) is 4.79 Å². The van der Waals surface area contributed by atoms with Gasteiger partial charge in [0.25, 0.3) is 0 Å². The Hall–Kier alpha value is -3.74. The second-order valence-corrected chi connectivity index (χ2v) is 13.0. The number of amides is 1. The van der Waals surface area contributed by atoms with Crippen LogP contribution >= 0.6 is 0 Å². The lowest BCUT2D eigenvalue weighted by atomic mass is 9.75. The SMILES string of the molecule is COc1ccc([C@@H](CNc2cc(Cc3ccccc3)ccn2)NC(=O)OC2CC(C)CCC2C(C)C)cc1OC1CCCC1. The molecule has 3 aromatic rings. The Balaban J connectivity index is 1.34. The summed E-state index contributed by atoms with van der Waals surface area (Å²) in [6.07, 6.45) is 10.00. The van der Waals surface area contributed by atoms with Crippen molar-refractivity contribution in [1.82, 2.24) is 10.3 Å². The van der Waals surface area contributed by atoms with Gasteiger partial charge in [-0.3, -0.25) is 0 Å². The number of nitrogens with one attached hydrogen (secondary N) is 2. The topological polar surface area (TPSA) is 81.7 Å². The number of anilines is 1. The predicted octanol–water partition coefficient (Wildman–Crippen LogP) is 8.34. The van der Waals surface area contributed by atoms with E-state index in [-0.39, 0.29) is 24.3 Å². The fraction of sp³-hybridized carbons (Fsp3) is 0.514. The standard InChI is InChI=1S/C37H49N3O4/c1-25(2)31-16-14-26(3)20-34(31)44-37(41)40-32(29-15-17-33(42-4)35(23-29)43-30-12-8-9-13-30)24-39-36-22-28(18-19-38-36)21-27-10-6-5-7-11-27/h5-7,10-11,15,17-19,22-23,25-26,30-32,34H,8-9,12-14,16,20-21,24H2,1-4H3,(H,38,39)(H,40,41)/t26?,31?,32-,34?/m1/s1. The van der Waals surface area contributed by atoms with Crippen molar-refractivity contribution in [1.29, 1.82) is 0 Å². The number of carbonyl (C=O) groups excluding carboxylic acids is 1. The number of nitrogens with zero attached hydrogens (tertiary/aromatic N) is 1. The molecule has 0 saturated heterocycles. The molecule has 44 heavy (non-hydrogen) atoms. The molecule has 4 atom stereocenters. The Kier molecular flexibility index (Phi) is 11.0.